The van der Waals surface area contributed by atoms with Crippen LogP contribution in [0.4, 0.5) is 0 Å². The maximum atomic E-state index is 10.4. The van der Waals surface area contributed by atoms with Gasteiger partial charge >= 0.3 is 0 Å². The van der Waals surface area contributed by atoms with Gasteiger partial charge in [-0.3, -0.25) is 0 Å². The minimum atomic E-state index is -0.734. The average Bonchev–Trinajstić information content (AvgIpc) is 2.30. The third-order valence-electron chi connectivity index (χ3n) is 2.80. The highest BCUT2D eigenvalue weighted by Crippen LogP contribution is 2.31. The first-order valence-electron chi connectivity index (χ1n) is 5.05. The molecule has 15 heavy (non-hydrogen) atoms. The lowest BCUT2D eigenvalue weighted by molar-refractivity contribution is -0.0681. The quantitative estimate of drug-likeness (QED) is 0.779. The Morgan fingerprint density at radius 2 is 2.13 bits per heavy atom. The molecule has 4 heteroatoms. The molecule has 0 radical (unpaired) electrons. The minimum absolute atomic E-state index is 0.626. The van der Waals surface area contributed by atoms with Gasteiger partial charge in [0.1, 0.15) is 0 Å². The summed E-state index contributed by atoms with van der Waals surface area (Å²) in [6, 6.07) is 3.91. The monoisotopic (exact) mass is 225 g/mol. The number of aromatic nitrogens is 1. The second-order valence-electron chi connectivity index (χ2n) is 3.73. The molecule has 3 nitrogen and oxygen atoms in total. The van der Waals surface area contributed by atoms with Crippen molar-refractivity contribution in [3.8, 4) is 0 Å². The summed E-state index contributed by atoms with van der Waals surface area (Å²) in [7, 11) is 0. The zero-order chi connectivity index (χ0) is 10.7. The van der Waals surface area contributed by atoms with Crippen LogP contribution in [0.25, 0.3) is 0 Å². The molecule has 82 valence electrons. The van der Waals surface area contributed by atoms with E-state index >= 15 is 0 Å². The zero-order valence-corrected chi connectivity index (χ0v) is 9.59. The van der Waals surface area contributed by atoms with Crippen molar-refractivity contribution < 1.29 is 9.84 Å². The molecule has 1 aliphatic heterocycles. The Balaban J connectivity index is 2.20. The van der Waals surface area contributed by atoms with Crippen LogP contribution >= 0.6 is 11.8 Å². The second kappa shape index (κ2) is 4.51. The van der Waals surface area contributed by atoms with E-state index in [1.54, 1.807) is 18.0 Å². The van der Waals surface area contributed by atoms with Crippen LogP contribution < -0.4 is 0 Å². The first-order valence-corrected chi connectivity index (χ1v) is 6.28. The highest BCUT2D eigenvalue weighted by molar-refractivity contribution is 7.98. The number of rotatable bonds is 2. The maximum Gasteiger partial charge on any atom is 0.0957 e. The van der Waals surface area contributed by atoms with E-state index in [-0.39, 0.29) is 0 Å². The van der Waals surface area contributed by atoms with Crippen molar-refractivity contribution >= 4 is 11.8 Å². The normalized spacial score (nSPS) is 20.1. The summed E-state index contributed by atoms with van der Waals surface area (Å²) in [5.41, 5.74) is 0.172. The van der Waals surface area contributed by atoms with Gasteiger partial charge in [-0.05, 0) is 12.3 Å². The van der Waals surface area contributed by atoms with Crippen molar-refractivity contribution in [3.05, 3.63) is 23.9 Å². The number of hydrogen-bond acceptors (Lipinski definition) is 4. The topological polar surface area (TPSA) is 42.4 Å². The molecule has 0 spiro atoms. The van der Waals surface area contributed by atoms with Gasteiger partial charge in [0.2, 0.25) is 0 Å². The summed E-state index contributed by atoms with van der Waals surface area (Å²) in [5.74, 6) is 0. The van der Waals surface area contributed by atoms with Crippen LogP contribution in [0.2, 0.25) is 0 Å². The van der Waals surface area contributed by atoms with Crippen LogP contribution in [0, 0.1) is 0 Å². The summed E-state index contributed by atoms with van der Waals surface area (Å²) in [6.07, 6.45) is 5.09. The van der Waals surface area contributed by atoms with Gasteiger partial charge in [-0.15, -0.1) is 11.8 Å². The molecule has 0 amide bonds. The highest BCUT2D eigenvalue weighted by Gasteiger charge is 2.31. The van der Waals surface area contributed by atoms with Crippen LogP contribution in [0.1, 0.15) is 18.4 Å². The smallest absolute Gasteiger partial charge is 0.0957 e. The van der Waals surface area contributed by atoms with Crippen LogP contribution in [0.5, 0.6) is 0 Å². The van der Waals surface area contributed by atoms with Crippen LogP contribution in [0.3, 0.4) is 0 Å². The van der Waals surface area contributed by atoms with E-state index in [4.69, 9.17) is 4.74 Å². The van der Waals surface area contributed by atoms with E-state index in [0.29, 0.717) is 26.1 Å². The molecule has 0 aliphatic carbocycles. The number of hydrogen-bond donors (Lipinski definition) is 1. The molecule has 1 aromatic heterocycles. The molecule has 0 aromatic carbocycles. The fourth-order valence-electron chi connectivity index (χ4n) is 1.77. The van der Waals surface area contributed by atoms with Gasteiger partial charge in [-0.2, -0.15) is 0 Å². The third-order valence-corrected chi connectivity index (χ3v) is 3.46. The van der Waals surface area contributed by atoms with Gasteiger partial charge in [-0.25, -0.2) is 4.98 Å². The SMILES string of the molecule is CSc1ccc(C2(O)CCOCC2)cn1. The zero-order valence-electron chi connectivity index (χ0n) is 8.77. The first-order chi connectivity index (χ1) is 7.24. The van der Waals surface area contributed by atoms with Gasteiger partial charge in [0.15, 0.2) is 0 Å². The van der Waals surface area contributed by atoms with Crippen molar-refractivity contribution in [1.82, 2.24) is 4.98 Å². The molecule has 2 rings (SSSR count). The Labute approximate surface area is 93.9 Å². The van der Waals surface area contributed by atoms with Crippen molar-refractivity contribution in [2.75, 3.05) is 19.5 Å². The predicted molar refractivity (Wildman–Crippen MR) is 60.0 cm³/mol. The Kier molecular flexibility index (Phi) is 3.29. The van der Waals surface area contributed by atoms with Gasteiger partial charge < -0.3 is 9.84 Å². The van der Waals surface area contributed by atoms with Crippen molar-refractivity contribution in [1.29, 1.82) is 0 Å². The fraction of sp³-hybridized carbons (Fsp3) is 0.545. The number of nitrogens with zero attached hydrogens (tertiary/aromatic N) is 1. The lowest BCUT2D eigenvalue weighted by atomic mass is 9.88. The van der Waals surface area contributed by atoms with Crippen molar-refractivity contribution in [2.45, 2.75) is 23.5 Å². The number of aliphatic hydroxyl groups is 1. The van der Waals surface area contributed by atoms with E-state index in [0.717, 1.165) is 10.6 Å². The van der Waals surface area contributed by atoms with Gasteiger partial charge in [0.05, 0.1) is 10.6 Å². The average molecular weight is 225 g/mol. The molecule has 0 saturated carbocycles. The molecule has 1 aromatic rings. The standard InChI is InChI=1S/C11H15NO2S/c1-15-10-3-2-9(8-12-10)11(13)4-6-14-7-5-11/h2-3,8,13H,4-7H2,1H3. The molecule has 0 bridgehead atoms. The molecular weight excluding hydrogens is 210 g/mol. The number of thioether (sulfide) groups is 1. The predicted octanol–water partition coefficient (Wildman–Crippen LogP) is 1.80. The number of pyridine rings is 1. The van der Waals surface area contributed by atoms with E-state index in [2.05, 4.69) is 4.98 Å². The van der Waals surface area contributed by atoms with Crippen LogP contribution in [-0.2, 0) is 10.3 Å². The fourth-order valence-corrected chi connectivity index (χ4v) is 2.14. The summed E-state index contributed by atoms with van der Waals surface area (Å²) in [4.78, 5) is 4.28. The summed E-state index contributed by atoms with van der Waals surface area (Å²) >= 11 is 1.61. The molecule has 1 saturated heterocycles. The molecular formula is C11H15NO2S. The summed E-state index contributed by atoms with van der Waals surface area (Å²) in [6.45, 7) is 1.25. The van der Waals surface area contributed by atoms with E-state index in [1.165, 1.54) is 0 Å². The van der Waals surface area contributed by atoms with Gasteiger partial charge in [-0.1, -0.05) is 6.07 Å². The third kappa shape index (κ3) is 2.33. The Morgan fingerprint density at radius 3 is 2.67 bits per heavy atom. The molecule has 1 N–H and O–H groups in total. The van der Waals surface area contributed by atoms with Crippen molar-refractivity contribution in [2.24, 2.45) is 0 Å². The minimum Gasteiger partial charge on any atom is -0.385 e. The Hall–Kier alpha value is -0.580. The lowest BCUT2D eigenvalue weighted by Gasteiger charge is -2.32. The summed E-state index contributed by atoms with van der Waals surface area (Å²) in [5, 5.41) is 11.4. The van der Waals surface area contributed by atoms with E-state index in [1.807, 2.05) is 18.4 Å². The number of ether oxygens (including phenoxy) is 1. The van der Waals surface area contributed by atoms with E-state index < -0.39 is 5.60 Å². The van der Waals surface area contributed by atoms with Crippen LogP contribution in [-0.4, -0.2) is 29.6 Å². The first kappa shape index (κ1) is 10.9. The Bertz CT molecular complexity index is 320. The van der Waals surface area contributed by atoms with Crippen LogP contribution in [0.15, 0.2) is 23.4 Å². The summed E-state index contributed by atoms with van der Waals surface area (Å²) < 4.78 is 5.25. The van der Waals surface area contributed by atoms with E-state index in [9.17, 15) is 5.11 Å². The molecule has 0 unspecified atom stereocenters. The second-order valence-corrected chi connectivity index (χ2v) is 4.56. The van der Waals surface area contributed by atoms with Crippen molar-refractivity contribution in [3.63, 3.8) is 0 Å². The largest absolute Gasteiger partial charge is 0.385 e. The molecule has 1 fully saturated rings. The lowest BCUT2D eigenvalue weighted by Crippen LogP contribution is -2.33. The molecule has 1 aliphatic rings. The molecule has 0 atom stereocenters. The van der Waals surface area contributed by atoms with Gasteiger partial charge in [0, 0.05) is 37.8 Å². The highest BCUT2D eigenvalue weighted by atomic mass is 32.2. The van der Waals surface area contributed by atoms with Gasteiger partial charge in [0.25, 0.3) is 0 Å². The molecule has 2 heterocycles. The Morgan fingerprint density at radius 1 is 1.40 bits per heavy atom. The maximum absolute atomic E-state index is 10.4.